The maximum Gasteiger partial charge on any atom is 0.248 e. The molecule has 2 N–H and O–H groups in total. The normalized spacial score (nSPS) is 17.5. The molecule has 0 aliphatic carbocycles. The number of nitrogens with one attached hydrogen (secondary N) is 2. The van der Waals surface area contributed by atoms with Crippen LogP contribution in [0.15, 0.2) is 28.4 Å². The Morgan fingerprint density at radius 2 is 2.27 bits per heavy atom. The van der Waals surface area contributed by atoms with Crippen LogP contribution in [-0.2, 0) is 9.59 Å². The minimum absolute atomic E-state index is 0.172. The highest BCUT2D eigenvalue weighted by molar-refractivity contribution is 6.43. The van der Waals surface area contributed by atoms with E-state index in [0.717, 1.165) is 0 Å². The van der Waals surface area contributed by atoms with Gasteiger partial charge in [0.2, 0.25) is 11.8 Å². The molecule has 116 valence electrons. The maximum atomic E-state index is 11.7. The molecule has 1 aliphatic rings. The summed E-state index contributed by atoms with van der Waals surface area (Å²) in [4.78, 5) is 23.2. The van der Waals surface area contributed by atoms with E-state index in [-0.39, 0.29) is 24.2 Å². The zero-order valence-electron chi connectivity index (χ0n) is 11.8. The molecule has 8 heteroatoms. The average Bonchev–Trinajstić information content (AvgIpc) is 2.80. The highest BCUT2D eigenvalue weighted by Crippen LogP contribution is 2.24. The van der Waals surface area contributed by atoms with Gasteiger partial charge in [-0.05, 0) is 19.4 Å². The maximum absolute atomic E-state index is 11.7. The van der Waals surface area contributed by atoms with Gasteiger partial charge in [-0.2, -0.15) is 10.2 Å². The zero-order chi connectivity index (χ0) is 16.1. The van der Waals surface area contributed by atoms with Crippen LogP contribution in [-0.4, -0.2) is 23.7 Å². The van der Waals surface area contributed by atoms with Gasteiger partial charge in [-0.3, -0.25) is 9.59 Å². The van der Waals surface area contributed by atoms with Gasteiger partial charge in [-0.1, -0.05) is 35.3 Å². The van der Waals surface area contributed by atoms with E-state index in [1.165, 1.54) is 6.21 Å². The van der Waals surface area contributed by atoms with E-state index in [1.54, 1.807) is 25.1 Å². The lowest BCUT2D eigenvalue weighted by molar-refractivity contribution is -0.123. The minimum Gasteiger partial charge on any atom is -0.273 e. The third kappa shape index (κ3) is 4.05. The molecule has 0 aromatic heterocycles. The molecule has 1 heterocycles. The van der Waals surface area contributed by atoms with Crippen molar-refractivity contribution in [1.82, 2.24) is 10.9 Å². The average molecular weight is 341 g/mol. The SMILES string of the molecule is CC1=NNC(=O)[C@@H]1CCC(=O)N/N=C\c1cccc(Cl)c1Cl. The Morgan fingerprint density at radius 1 is 1.50 bits per heavy atom. The zero-order valence-corrected chi connectivity index (χ0v) is 13.3. The summed E-state index contributed by atoms with van der Waals surface area (Å²) in [6.45, 7) is 1.75. The van der Waals surface area contributed by atoms with Gasteiger partial charge >= 0.3 is 0 Å². The number of nitrogens with zero attached hydrogens (tertiary/aromatic N) is 2. The van der Waals surface area contributed by atoms with E-state index >= 15 is 0 Å². The van der Waals surface area contributed by atoms with E-state index < -0.39 is 0 Å². The molecule has 6 nitrogen and oxygen atoms in total. The number of hydrogen-bond donors (Lipinski definition) is 2. The van der Waals surface area contributed by atoms with Crippen LogP contribution in [0, 0.1) is 5.92 Å². The van der Waals surface area contributed by atoms with Crippen LogP contribution >= 0.6 is 23.2 Å². The van der Waals surface area contributed by atoms with Crippen molar-refractivity contribution in [2.24, 2.45) is 16.1 Å². The second kappa shape index (κ2) is 7.38. The van der Waals surface area contributed by atoms with Crippen LogP contribution in [0.5, 0.6) is 0 Å². The number of amides is 2. The summed E-state index contributed by atoms with van der Waals surface area (Å²) in [6.07, 6.45) is 1.98. The summed E-state index contributed by atoms with van der Waals surface area (Å²) in [5.74, 6) is -0.821. The Hall–Kier alpha value is -1.92. The first kappa shape index (κ1) is 16.5. The summed E-state index contributed by atoms with van der Waals surface area (Å²) in [6, 6.07) is 5.13. The summed E-state index contributed by atoms with van der Waals surface area (Å²) in [7, 11) is 0. The van der Waals surface area contributed by atoms with Gasteiger partial charge in [0.05, 0.1) is 22.2 Å². The van der Waals surface area contributed by atoms with Crippen LogP contribution in [0.3, 0.4) is 0 Å². The Balaban J connectivity index is 1.83. The molecule has 0 radical (unpaired) electrons. The molecular formula is C14H14Cl2N4O2. The van der Waals surface area contributed by atoms with Crippen LogP contribution in [0.1, 0.15) is 25.3 Å². The van der Waals surface area contributed by atoms with E-state index in [4.69, 9.17) is 23.2 Å². The van der Waals surface area contributed by atoms with Crippen LogP contribution in [0.25, 0.3) is 0 Å². The molecule has 0 spiro atoms. The van der Waals surface area contributed by atoms with Crippen molar-refractivity contribution in [3.63, 3.8) is 0 Å². The number of benzene rings is 1. The molecule has 0 saturated heterocycles. The smallest absolute Gasteiger partial charge is 0.248 e. The molecular weight excluding hydrogens is 327 g/mol. The quantitative estimate of drug-likeness (QED) is 0.637. The number of carbonyl (C=O) groups excluding carboxylic acids is 2. The molecule has 0 unspecified atom stereocenters. The number of hydrazone groups is 2. The second-order valence-corrected chi connectivity index (χ2v) is 5.54. The predicted molar refractivity (Wildman–Crippen MR) is 86.2 cm³/mol. The lowest BCUT2D eigenvalue weighted by Crippen LogP contribution is -2.25. The first-order chi connectivity index (χ1) is 10.5. The van der Waals surface area contributed by atoms with Crippen molar-refractivity contribution in [3.05, 3.63) is 33.8 Å². The fraction of sp³-hybridized carbons (Fsp3) is 0.286. The molecule has 22 heavy (non-hydrogen) atoms. The number of hydrogen-bond acceptors (Lipinski definition) is 4. The number of carbonyl (C=O) groups is 2. The number of rotatable bonds is 5. The third-order valence-corrected chi connectivity index (χ3v) is 4.03. The van der Waals surface area contributed by atoms with Crippen molar-refractivity contribution in [2.75, 3.05) is 0 Å². The van der Waals surface area contributed by atoms with Crippen molar-refractivity contribution >= 4 is 46.9 Å². The van der Waals surface area contributed by atoms with Crippen molar-refractivity contribution in [2.45, 2.75) is 19.8 Å². The summed E-state index contributed by atoms with van der Waals surface area (Å²) in [5, 5.41) is 8.44. The monoisotopic (exact) mass is 340 g/mol. The lowest BCUT2D eigenvalue weighted by Gasteiger charge is -2.06. The largest absolute Gasteiger partial charge is 0.273 e. The highest BCUT2D eigenvalue weighted by atomic mass is 35.5. The topological polar surface area (TPSA) is 82.9 Å². The van der Waals surface area contributed by atoms with E-state index in [9.17, 15) is 9.59 Å². The van der Waals surface area contributed by atoms with Crippen LogP contribution < -0.4 is 10.9 Å². The second-order valence-electron chi connectivity index (χ2n) is 4.76. The Kier molecular flexibility index (Phi) is 5.51. The standard InChI is InChI=1S/C14H14Cl2N4O2/c1-8-10(14(22)20-18-8)5-6-12(21)19-17-7-9-3-2-4-11(15)13(9)16/h2-4,7,10H,5-6H2,1H3,(H,19,21)(H,20,22)/b17-7-/t10-/m1/s1. The van der Waals surface area contributed by atoms with Crippen LogP contribution in [0.4, 0.5) is 0 Å². The summed E-state index contributed by atoms with van der Waals surface area (Å²) in [5.41, 5.74) is 6.06. The molecule has 0 saturated carbocycles. The molecule has 1 aromatic rings. The molecule has 1 aromatic carbocycles. The number of halogens is 2. The van der Waals surface area contributed by atoms with Gasteiger partial charge in [0, 0.05) is 17.7 Å². The van der Waals surface area contributed by atoms with Gasteiger partial charge in [-0.15, -0.1) is 0 Å². The summed E-state index contributed by atoms with van der Waals surface area (Å²) < 4.78 is 0. The van der Waals surface area contributed by atoms with Gasteiger partial charge in [0.15, 0.2) is 0 Å². The fourth-order valence-corrected chi connectivity index (χ4v) is 2.31. The molecule has 1 aliphatic heterocycles. The minimum atomic E-state index is -0.350. The first-order valence-corrected chi connectivity index (χ1v) is 7.34. The van der Waals surface area contributed by atoms with Crippen molar-refractivity contribution < 1.29 is 9.59 Å². The van der Waals surface area contributed by atoms with E-state index in [1.807, 2.05) is 0 Å². The Morgan fingerprint density at radius 3 is 2.95 bits per heavy atom. The van der Waals surface area contributed by atoms with Gasteiger partial charge < -0.3 is 0 Å². The first-order valence-electron chi connectivity index (χ1n) is 6.59. The lowest BCUT2D eigenvalue weighted by atomic mass is 9.99. The Bertz CT molecular complexity index is 658. The van der Waals surface area contributed by atoms with Gasteiger partial charge in [-0.25, -0.2) is 10.9 Å². The fourth-order valence-electron chi connectivity index (χ4n) is 1.95. The molecule has 0 bridgehead atoms. The summed E-state index contributed by atoms with van der Waals surface area (Å²) >= 11 is 11.9. The molecule has 1 atom stereocenters. The molecule has 2 rings (SSSR count). The van der Waals surface area contributed by atoms with E-state index in [2.05, 4.69) is 21.1 Å². The van der Waals surface area contributed by atoms with Crippen molar-refractivity contribution in [1.29, 1.82) is 0 Å². The molecule has 2 amide bonds. The highest BCUT2D eigenvalue weighted by Gasteiger charge is 2.26. The van der Waals surface area contributed by atoms with Gasteiger partial charge in [0.1, 0.15) is 0 Å². The van der Waals surface area contributed by atoms with Crippen molar-refractivity contribution in [3.8, 4) is 0 Å². The Labute approximate surface area is 137 Å². The van der Waals surface area contributed by atoms with E-state index in [0.29, 0.717) is 27.7 Å². The third-order valence-electron chi connectivity index (χ3n) is 3.20. The predicted octanol–water partition coefficient (Wildman–Crippen LogP) is 2.35. The molecule has 0 fully saturated rings. The van der Waals surface area contributed by atoms with Crippen LogP contribution in [0.2, 0.25) is 10.0 Å². The van der Waals surface area contributed by atoms with Gasteiger partial charge in [0.25, 0.3) is 0 Å².